The summed E-state index contributed by atoms with van der Waals surface area (Å²) in [4.78, 5) is 16.2. The van der Waals surface area contributed by atoms with Crippen LogP contribution in [0, 0.1) is 0 Å². The Labute approximate surface area is 154 Å². The lowest BCUT2D eigenvalue weighted by atomic mass is 10.1. The average molecular weight is 360 g/mol. The van der Waals surface area contributed by atoms with E-state index in [1.54, 1.807) is 11.1 Å². The third-order valence-electron chi connectivity index (χ3n) is 3.79. The molecular formula is C18H28N6O2. The summed E-state index contributed by atoms with van der Waals surface area (Å²) in [6, 6.07) is 8.05. The van der Waals surface area contributed by atoms with Gasteiger partial charge in [-0.05, 0) is 31.9 Å². The number of carbonyl (C=O) groups excluding carboxylic acids is 1. The van der Waals surface area contributed by atoms with Gasteiger partial charge in [0, 0.05) is 32.7 Å². The molecule has 0 unspecified atom stereocenters. The van der Waals surface area contributed by atoms with E-state index in [-0.39, 0.29) is 12.1 Å². The van der Waals surface area contributed by atoms with E-state index in [0.29, 0.717) is 13.1 Å². The fourth-order valence-electron chi connectivity index (χ4n) is 2.54. The quantitative estimate of drug-likeness (QED) is 0.478. The Balaban J connectivity index is 1.81. The molecule has 0 atom stereocenters. The van der Waals surface area contributed by atoms with Gasteiger partial charge in [-0.2, -0.15) is 5.10 Å². The van der Waals surface area contributed by atoms with Crippen LogP contribution in [-0.4, -0.2) is 59.8 Å². The highest BCUT2D eigenvalue weighted by atomic mass is 16.6. The molecule has 0 radical (unpaired) electrons. The minimum Gasteiger partial charge on any atom is -0.444 e. The maximum Gasteiger partial charge on any atom is 0.410 e. The van der Waals surface area contributed by atoms with Crippen molar-refractivity contribution in [2.24, 2.45) is 21.7 Å². The van der Waals surface area contributed by atoms with E-state index >= 15 is 0 Å². The van der Waals surface area contributed by atoms with Gasteiger partial charge in [0.2, 0.25) is 5.96 Å². The molecule has 0 aromatic heterocycles. The summed E-state index contributed by atoms with van der Waals surface area (Å²) in [5, 5.41) is 7.36. The van der Waals surface area contributed by atoms with Crippen LogP contribution >= 0.6 is 0 Å². The van der Waals surface area contributed by atoms with Gasteiger partial charge in [-0.25, -0.2) is 4.79 Å². The van der Waals surface area contributed by atoms with E-state index < -0.39 is 5.60 Å². The van der Waals surface area contributed by atoms with Gasteiger partial charge in [-0.1, -0.05) is 24.3 Å². The molecule has 1 aliphatic heterocycles. The second-order valence-electron chi connectivity index (χ2n) is 7.25. The van der Waals surface area contributed by atoms with E-state index in [0.717, 1.165) is 25.2 Å². The third-order valence-corrected chi connectivity index (χ3v) is 3.79. The largest absolute Gasteiger partial charge is 0.444 e. The number of rotatable bonds is 4. The van der Waals surface area contributed by atoms with Crippen molar-refractivity contribution < 1.29 is 9.53 Å². The van der Waals surface area contributed by atoms with Crippen LogP contribution in [-0.2, 0) is 11.3 Å². The van der Waals surface area contributed by atoms with Gasteiger partial charge in [-0.3, -0.25) is 4.90 Å². The second kappa shape index (κ2) is 8.66. The number of hydrogen-bond donors (Lipinski definition) is 2. The van der Waals surface area contributed by atoms with Crippen molar-refractivity contribution in [2.45, 2.75) is 32.9 Å². The third kappa shape index (κ3) is 6.72. The normalized spacial score (nSPS) is 15.9. The number of ether oxygens (including phenoxy) is 1. The summed E-state index contributed by atoms with van der Waals surface area (Å²) < 4.78 is 5.42. The standard InChI is InChI=1S/C18H28N6O2/c1-18(2,3)26-17(25)24-10-8-23(9-11-24)13-15-6-4-14(5-7-15)12-21-22-16(19)20/h4-7,12H,8-11,13H2,1-3H3,(H4,19,20,22). The minimum atomic E-state index is -0.458. The fraction of sp³-hybridized carbons (Fsp3) is 0.500. The molecule has 4 N–H and O–H groups in total. The molecule has 1 aromatic carbocycles. The van der Waals surface area contributed by atoms with E-state index in [4.69, 9.17) is 16.2 Å². The van der Waals surface area contributed by atoms with Gasteiger partial charge >= 0.3 is 6.09 Å². The topological polar surface area (TPSA) is 110 Å². The number of carbonyl (C=O) groups is 1. The maximum absolute atomic E-state index is 12.1. The van der Waals surface area contributed by atoms with Crippen LogP contribution in [0.5, 0.6) is 0 Å². The SMILES string of the molecule is CC(C)(C)OC(=O)N1CCN(Cc2ccc(C=NN=C(N)N)cc2)CC1. The van der Waals surface area contributed by atoms with Crippen molar-refractivity contribution in [1.29, 1.82) is 0 Å². The number of hydrogen-bond acceptors (Lipinski definition) is 5. The van der Waals surface area contributed by atoms with Gasteiger partial charge in [0.1, 0.15) is 5.60 Å². The van der Waals surface area contributed by atoms with Crippen LogP contribution in [0.1, 0.15) is 31.9 Å². The Bertz CT molecular complexity index is 651. The van der Waals surface area contributed by atoms with Crippen LogP contribution in [0.4, 0.5) is 4.79 Å². The van der Waals surface area contributed by atoms with E-state index in [1.165, 1.54) is 5.56 Å². The number of amides is 1. The number of benzene rings is 1. The summed E-state index contributed by atoms with van der Waals surface area (Å²) in [5.74, 6) is -0.0663. The van der Waals surface area contributed by atoms with E-state index in [1.807, 2.05) is 32.9 Å². The highest BCUT2D eigenvalue weighted by Gasteiger charge is 2.25. The second-order valence-corrected chi connectivity index (χ2v) is 7.25. The van der Waals surface area contributed by atoms with Gasteiger partial charge in [-0.15, -0.1) is 5.10 Å². The fourth-order valence-corrected chi connectivity index (χ4v) is 2.54. The Kier molecular flexibility index (Phi) is 6.57. The molecule has 26 heavy (non-hydrogen) atoms. The molecule has 1 saturated heterocycles. The zero-order chi connectivity index (χ0) is 19.2. The molecule has 1 aliphatic rings. The summed E-state index contributed by atoms with van der Waals surface area (Å²) in [6.07, 6.45) is 1.37. The Hall–Kier alpha value is -2.61. The van der Waals surface area contributed by atoms with Crippen molar-refractivity contribution in [3.63, 3.8) is 0 Å². The Morgan fingerprint density at radius 1 is 1.15 bits per heavy atom. The van der Waals surface area contributed by atoms with E-state index in [9.17, 15) is 4.79 Å². The molecule has 0 spiro atoms. The van der Waals surface area contributed by atoms with Crippen LogP contribution in [0.15, 0.2) is 34.5 Å². The molecule has 142 valence electrons. The predicted octanol–water partition coefficient (Wildman–Crippen LogP) is 1.35. The van der Waals surface area contributed by atoms with Gasteiger partial charge in [0.15, 0.2) is 0 Å². The molecule has 1 aromatic rings. The number of guanidine groups is 1. The van der Waals surface area contributed by atoms with Crippen molar-refractivity contribution in [3.8, 4) is 0 Å². The smallest absolute Gasteiger partial charge is 0.410 e. The zero-order valence-electron chi connectivity index (χ0n) is 15.7. The lowest BCUT2D eigenvalue weighted by Crippen LogP contribution is -2.49. The lowest BCUT2D eigenvalue weighted by molar-refractivity contribution is 0.0139. The molecule has 0 bridgehead atoms. The van der Waals surface area contributed by atoms with Crippen LogP contribution < -0.4 is 11.5 Å². The first-order valence-electron chi connectivity index (χ1n) is 8.64. The summed E-state index contributed by atoms with van der Waals surface area (Å²) >= 11 is 0. The van der Waals surface area contributed by atoms with Crippen LogP contribution in [0.3, 0.4) is 0 Å². The van der Waals surface area contributed by atoms with Crippen molar-refractivity contribution in [2.75, 3.05) is 26.2 Å². The number of nitrogens with two attached hydrogens (primary N) is 2. The monoisotopic (exact) mass is 360 g/mol. The molecule has 8 nitrogen and oxygen atoms in total. The molecule has 1 heterocycles. The highest BCUT2D eigenvalue weighted by molar-refractivity contribution is 5.81. The molecule has 1 fully saturated rings. The molecule has 0 saturated carbocycles. The summed E-state index contributed by atoms with van der Waals surface area (Å²) in [7, 11) is 0. The average Bonchev–Trinajstić information content (AvgIpc) is 2.55. The first kappa shape index (κ1) is 19.7. The molecule has 2 rings (SSSR count). The molecule has 1 amide bonds. The minimum absolute atomic E-state index is 0.0663. The van der Waals surface area contributed by atoms with Gasteiger partial charge in [0.25, 0.3) is 0 Å². The first-order chi connectivity index (χ1) is 12.2. The van der Waals surface area contributed by atoms with Gasteiger partial charge in [0.05, 0.1) is 6.21 Å². The first-order valence-corrected chi connectivity index (χ1v) is 8.64. The van der Waals surface area contributed by atoms with Gasteiger partial charge < -0.3 is 21.1 Å². The summed E-state index contributed by atoms with van der Waals surface area (Å²) in [6.45, 7) is 9.50. The molecule has 8 heteroatoms. The molecular weight excluding hydrogens is 332 g/mol. The Morgan fingerprint density at radius 2 is 1.77 bits per heavy atom. The summed E-state index contributed by atoms with van der Waals surface area (Å²) in [5.41, 5.74) is 12.1. The Morgan fingerprint density at radius 3 is 2.31 bits per heavy atom. The lowest BCUT2D eigenvalue weighted by Gasteiger charge is -2.35. The molecule has 0 aliphatic carbocycles. The predicted molar refractivity (Wildman–Crippen MR) is 103 cm³/mol. The highest BCUT2D eigenvalue weighted by Crippen LogP contribution is 2.13. The van der Waals surface area contributed by atoms with Crippen molar-refractivity contribution >= 4 is 18.3 Å². The van der Waals surface area contributed by atoms with Crippen molar-refractivity contribution in [1.82, 2.24) is 9.80 Å². The number of nitrogens with zero attached hydrogens (tertiary/aromatic N) is 4. The van der Waals surface area contributed by atoms with Crippen molar-refractivity contribution in [3.05, 3.63) is 35.4 Å². The van der Waals surface area contributed by atoms with Crippen LogP contribution in [0.2, 0.25) is 0 Å². The van der Waals surface area contributed by atoms with Crippen LogP contribution in [0.25, 0.3) is 0 Å². The zero-order valence-corrected chi connectivity index (χ0v) is 15.7. The maximum atomic E-state index is 12.1. The van der Waals surface area contributed by atoms with E-state index in [2.05, 4.69) is 27.2 Å². The number of piperazine rings is 1.